The molecule has 0 atom stereocenters. The van der Waals surface area contributed by atoms with E-state index in [0.717, 1.165) is 0 Å². The van der Waals surface area contributed by atoms with Gasteiger partial charge in [-0.25, -0.2) is 0 Å². The van der Waals surface area contributed by atoms with E-state index < -0.39 is 4.92 Å². The van der Waals surface area contributed by atoms with Crippen molar-refractivity contribution in [2.75, 3.05) is 0 Å². The molecule has 0 spiro atoms. The van der Waals surface area contributed by atoms with E-state index in [1.807, 2.05) is 0 Å². The molecule has 0 amide bonds. The molecule has 1 aromatic rings. The maximum Gasteiger partial charge on any atom is 0.268 e. The van der Waals surface area contributed by atoms with Gasteiger partial charge in [0.25, 0.3) is 5.69 Å². The number of aromatic nitrogens is 1. The molecule has 0 aliphatic carbocycles. The quantitative estimate of drug-likeness (QED) is 0.343. The fourth-order valence-corrected chi connectivity index (χ4v) is 0.725. The van der Waals surface area contributed by atoms with Crippen LogP contribution in [0, 0.1) is 10.1 Å². The molecule has 0 unspecified atom stereocenters. The molecule has 1 heterocycles. The second kappa shape index (κ2) is 2.57. The topological polar surface area (TPSA) is 56.0 Å². The lowest BCUT2D eigenvalue weighted by molar-refractivity contribution is -0.388. The van der Waals surface area contributed by atoms with Gasteiger partial charge in [0.2, 0.25) is 0 Å². The first-order chi connectivity index (χ1) is 4.72. The molecule has 0 saturated carbocycles. The molecule has 5 heteroatoms. The van der Waals surface area contributed by atoms with Crippen molar-refractivity contribution in [3.63, 3.8) is 0 Å². The van der Waals surface area contributed by atoms with Crippen LogP contribution in [0.1, 0.15) is 0 Å². The first-order valence-electron chi connectivity index (χ1n) is 2.48. The van der Waals surface area contributed by atoms with Gasteiger partial charge in [-0.3, -0.25) is 15.1 Å². The summed E-state index contributed by atoms with van der Waals surface area (Å²) in [5.74, 6) is 0. The van der Waals surface area contributed by atoms with Gasteiger partial charge in [-0.15, -0.1) is 0 Å². The zero-order chi connectivity index (χ0) is 7.56. The Bertz CT molecular complexity index is 264. The number of hydrogen-bond acceptors (Lipinski definition) is 4. The summed E-state index contributed by atoms with van der Waals surface area (Å²) in [5.41, 5.74) is -0.113. The number of nitro groups is 1. The van der Waals surface area contributed by atoms with Crippen LogP contribution in [0.5, 0.6) is 0 Å². The normalized spacial score (nSPS) is 9.20. The molecular formula is C5H3N2O2S-. The molecule has 10 heavy (non-hydrogen) atoms. The van der Waals surface area contributed by atoms with Crippen molar-refractivity contribution in [3.8, 4) is 0 Å². The Balaban J connectivity index is 3.15. The minimum Gasteiger partial charge on any atom is -0.754 e. The van der Waals surface area contributed by atoms with Crippen molar-refractivity contribution >= 4 is 18.3 Å². The van der Waals surface area contributed by atoms with E-state index in [9.17, 15) is 10.1 Å². The molecule has 4 nitrogen and oxygen atoms in total. The third-order valence-corrected chi connectivity index (χ3v) is 1.26. The monoisotopic (exact) mass is 155 g/mol. The van der Waals surface area contributed by atoms with E-state index in [-0.39, 0.29) is 10.7 Å². The molecule has 52 valence electrons. The summed E-state index contributed by atoms with van der Waals surface area (Å²) in [6, 6.07) is 2.81. The van der Waals surface area contributed by atoms with Crippen LogP contribution in [-0.2, 0) is 12.6 Å². The van der Waals surface area contributed by atoms with Gasteiger partial charge < -0.3 is 12.6 Å². The van der Waals surface area contributed by atoms with Gasteiger partial charge in [0, 0.05) is 12.3 Å². The van der Waals surface area contributed by atoms with Crippen LogP contribution >= 0.6 is 0 Å². The molecule has 0 aromatic carbocycles. The largest absolute Gasteiger partial charge is 0.754 e. The molecule has 0 aliphatic heterocycles. The molecule has 0 fully saturated rings. The Morgan fingerprint density at radius 2 is 2.40 bits per heavy atom. The second-order valence-corrected chi connectivity index (χ2v) is 1.97. The fourth-order valence-electron chi connectivity index (χ4n) is 0.521. The van der Waals surface area contributed by atoms with Gasteiger partial charge in [-0.2, -0.15) is 0 Å². The fraction of sp³-hybridized carbons (Fsp3) is 0. The first-order valence-corrected chi connectivity index (χ1v) is 2.89. The Morgan fingerprint density at radius 1 is 1.70 bits per heavy atom. The summed E-state index contributed by atoms with van der Waals surface area (Å²) >= 11 is 4.58. The molecular weight excluding hydrogens is 152 g/mol. The molecule has 0 N–H and O–H groups in total. The minimum absolute atomic E-state index is 0.0347. The zero-order valence-corrected chi connectivity index (χ0v) is 5.67. The molecule has 1 rings (SSSR count). The van der Waals surface area contributed by atoms with Gasteiger partial charge in [-0.05, 0) is 11.1 Å². The minimum atomic E-state index is -0.546. The van der Waals surface area contributed by atoms with Crippen LogP contribution in [0.15, 0.2) is 23.4 Å². The van der Waals surface area contributed by atoms with Crippen molar-refractivity contribution in [1.29, 1.82) is 0 Å². The Kier molecular flexibility index (Phi) is 1.77. The highest BCUT2D eigenvalue weighted by Gasteiger charge is 2.02. The number of rotatable bonds is 1. The maximum absolute atomic E-state index is 10.1. The van der Waals surface area contributed by atoms with Crippen LogP contribution in [-0.4, -0.2) is 9.91 Å². The van der Waals surface area contributed by atoms with E-state index in [2.05, 4.69) is 17.6 Å². The third kappa shape index (κ3) is 1.19. The van der Waals surface area contributed by atoms with E-state index in [0.29, 0.717) is 0 Å². The number of hydrogen-bond donors (Lipinski definition) is 0. The highest BCUT2D eigenvalue weighted by atomic mass is 32.1. The summed E-state index contributed by atoms with van der Waals surface area (Å²) in [7, 11) is 0. The van der Waals surface area contributed by atoms with Crippen molar-refractivity contribution < 1.29 is 4.92 Å². The average molecular weight is 155 g/mol. The maximum atomic E-state index is 10.1. The number of nitrogens with zero attached hydrogens (tertiary/aromatic N) is 2. The molecule has 1 aromatic heterocycles. The predicted molar refractivity (Wildman–Crippen MR) is 36.5 cm³/mol. The van der Waals surface area contributed by atoms with E-state index in [1.54, 1.807) is 0 Å². The van der Waals surface area contributed by atoms with Crippen LogP contribution in [0.3, 0.4) is 0 Å². The summed E-state index contributed by atoms with van der Waals surface area (Å²) in [6.07, 6.45) is 1.43. The van der Waals surface area contributed by atoms with Crippen LogP contribution in [0.4, 0.5) is 5.69 Å². The van der Waals surface area contributed by atoms with Crippen molar-refractivity contribution in [2.45, 2.75) is 5.03 Å². The van der Waals surface area contributed by atoms with Crippen molar-refractivity contribution in [2.24, 2.45) is 0 Å². The Morgan fingerprint density at radius 3 is 2.80 bits per heavy atom. The van der Waals surface area contributed by atoms with Crippen LogP contribution in [0.25, 0.3) is 0 Å². The highest BCUT2D eigenvalue weighted by Crippen LogP contribution is 2.12. The smallest absolute Gasteiger partial charge is 0.268 e. The van der Waals surface area contributed by atoms with Gasteiger partial charge in [-0.1, -0.05) is 0 Å². The van der Waals surface area contributed by atoms with Gasteiger partial charge in [0.05, 0.1) is 4.92 Å². The summed E-state index contributed by atoms with van der Waals surface area (Å²) in [5, 5.41) is 10.2. The third-order valence-electron chi connectivity index (χ3n) is 0.948. The van der Waals surface area contributed by atoms with Gasteiger partial charge in [0.1, 0.15) is 0 Å². The van der Waals surface area contributed by atoms with E-state index >= 15 is 0 Å². The summed E-state index contributed by atoms with van der Waals surface area (Å²) in [6.45, 7) is 0. The molecule has 0 bridgehead atoms. The predicted octanol–water partition coefficient (Wildman–Crippen LogP) is 0.896. The molecule has 0 radical (unpaired) electrons. The Labute approximate surface area is 62.5 Å². The van der Waals surface area contributed by atoms with E-state index in [4.69, 9.17) is 0 Å². The standard InChI is InChI=1S/C5H4N2O2S/c8-7(9)4-2-1-3-6-5(4)10/h1-3H,(H,6,10)/p-1. The van der Waals surface area contributed by atoms with Gasteiger partial charge in [0.15, 0.2) is 0 Å². The average Bonchev–Trinajstić information content (AvgIpc) is 1.88. The van der Waals surface area contributed by atoms with Crippen LogP contribution in [0.2, 0.25) is 0 Å². The highest BCUT2D eigenvalue weighted by molar-refractivity contribution is 7.58. The van der Waals surface area contributed by atoms with Gasteiger partial charge >= 0.3 is 0 Å². The lowest BCUT2D eigenvalue weighted by atomic mass is 10.4. The number of pyridine rings is 1. The van der Waals surface area contributed by atoms with E-state index in [1.165, 1.54) is 18.3 Å². The SMILES string of the molecule is O=[N+]([O-])c1cccnc1[S-]. The lowest BCUT2D eigenvalue weighted by Gasteiger charge is -2.01. The lowest BCUT2D eigenvalue weighted by Crippen LogP contribution is -1.91. The van der Waals surface area contributed by atoms with Crippen LogP contribution < -0.4 is 0 Å². The summed E-state index contributed by atoms with van der Waals surface area (Å²) in [4.78, 5) is 13.1. The van der Waals surface area contributed by atoms with Crippen molar-refractivity contribution in [1.82, 2.24) is 4.98 Å². The molecule has 0 saturated heterocycles. The Hall–Kier alpha value is -1.23. The summed E-state index contributed by atoms with van der Waals surface area (Å²) < 4.78 is 0. The second-order valence-electron chi connectivity index (χ2n) is 1.58. The van der Waals surface area contributed by atoms with Crippen molar-refractivity contribution in [3.05, 3.63) is 28.4 Å². The molecule has 0 aliphatic rings. The first kappa shape index (κ1) is 6.88. The zero-order valence-electron chi connectivity index (χ0n) is 4.85.